The van der Waals surface area contributed by atoms with Crippen molar-refractivity contribution in [2.24, 2.45) is 0 Å². The third kappa shape index (κ3) is 3.44. The predicted octanol–water partition coefficient (Wildman–Crippen LogP) is 3.15. The largest absolute Gasteiger partial charge is 0.484 e. The maximum absolute atomic E-state index is 11.2. The van der Waals surface area contributed by atoms with Gasteiger partial charge in [0.1, 0.15) is 5.75 Å². The van der Waals surface area contributed by atoms with E-state index in [1.54, 1.807) is 24.3 Å². The Bertz CT molecular complexity index is 594. The number of benzene rings is 1. The average Bonchev–Trinajstić information content (AvgIpc) is 2.85. The highest BCUT2D eigenvalue weighted by molar-refractivity contribution is 5.94. The molecule has 0 radical (unpaired) electrons. The van der Waals surface area contributed by atoms with Crippen LogP contribution in [0.5, 0.6) is 5.75 Å². The third-order valence-corrected chi connectivity index (χ3v) is 2.76. The topological polar surface area (TPSA) is 65.2 Å². The van der Waals surface area contributed by atoms with Crippen molar-refractivity contribution >= 4 is 5.78 Å². The first kappa shape index (κ1) is 14.2. The van der Waals surface area contributed by atoms with Gasteiger partial charge >= 0.3 is 0 Å². The molecule has 1 aromatic heterocycles. The fraction of sp³-hybridized carbons (Fsp3) is 0.400. The van der Waals surface area contributed by atoms with E-state index in [1.165, 1.54) is 6.92 Å². The molecule has 0 atom stereocenters. The van der Waals surface area contributed by atoms with Crippen molar-refractivity contribution in [1.82, 2.24) is 10.1 Å². The summed E-state index contributed by atoms with van der Waals surface area (Å²) in [5, 5.41) is 3.93. The molecule has 0 aliphatic heterocycles. The summed E-state index contributed by atoms with van der Waals surface area (Å²) in [4.78, 5) is 15.4. The maximum Gasteiger partial charge on any atom is 0.264 e. The Morgan fingerprint density at radius 3 is 2.40 bits per heavy atom. The van der Waals surface area contributed by atoms with Gasteiger partial charge in [-0.3, -0.25) is 4.79 Å². The molecule has 106 valence electrons. The first-order valence-electron chi connectivity index (χ1n) is 6.43. The molecule has 0 bridgehead atoms. The van der Waals surface area contributed by atoms with Gasteiger partial charge in [-0.2, -0.15) is 4.98 Å². The van der Waals surface area contributed by atoms with Crippen LogP contribution in [0.15, 0.2) is 28.8 Å². The van der Waals surface area contributed by atoms with Crippen molar-refractivity contribution in [3.8, 4) is 5.75 Å². The van der Waals surface area contributed by atoms with Gasteiger partial charge in [0, 0.05) is 11.0 Å². The fourth-order valence-corrected chi connectivity index (χ4v) is 1.55. The molecule has 0 saturated heterocycles. The monoisotopic (exact) mass is 274 g/mol. The lowest BCUT2D eigenvalue weighted by molar-refractivity contribution is 0.101. The molecule has 0 fully saturated rings. The quantitative estimate of drug-likeness (QED) is 0.801. The lowest BCUT2D eigenvalue weighted by Gasteiger charge is -2.10. The van der Waals surface area contributed by atoms with Crippen LogP contribution in [0.4, 0.5) is 0 Å². The van der Waals surface area contributed by atoms with Gasteiger partial charge in [0.2, 0.25) is 0 Å². The van der Waals surface area contributed by atoms with Crippen molar-refractivity contribution in [3.05, 3.63) is 41.5 Å². The van der Waals surface area contributed by atoms with Crippen LogP contribution in [0.3, 0.4) is 0 Å². The summed E-state index contributed by atoms with van der Waals surface area (Å²) in [6, 6.07) is 6.95. The van der Waals surface area contributed by atoms with E-state index in [2.05, 4.69) is 10.1 Å². The smallest absolute Gasteiger partial charge is 0.264 e. The molecule has 5 nitrogen and oxygen atoms in total. The van der Waals surface area contributed by atoms with E-state index in [0.29, 0.717) is 23.0 Å². The molecule has 0 amide bonds. The van der Waals surface area contributed by atoms with Crippen molar-refractivity contribution < 1.29 is 14.1 Å². The number of rotatable bonds is 4. The molecule has 2 aromatic rings. The number of ether oxygens (including phenoxy) is 1. The normalized spacial score (nSPS) is 11.4. The lowest BCUT2D eigenvalue weighted by atomic mass is 9.96. The molecule has 1 aromatic carbocycles. The third-order valence-electron chi connectivity index (χ3n) is 2.76. The average molecular weight is 274 g/mol. The van der Waals surface area contributed by atoms with Gasteiger partial charge in [-0.1, -0.05) is 25.9 Å². The molecule has 20 heavy (non-hydrogen) atoms. The van der Waals surface area contributed by atoms with Crippen LogP contribution >= 0.6 is 0 Å². The molecule has 1 heterocycles. The van der Waals surface area contributed by atoms with Gasteiger partial charge in [0.05, 0.1) is 0 Å². The summed E-state index contributed by atoms with van der Waals surface area (Å²) in [5.74, 6) is 1.78. The van der Waals surface area contributed by atoms with Crippen LogP contribution < -0.4 is 4.74 Å². The molecule has 0 unspecified atom stereocenters. The first-order valence-corrected chi connectivity index (χ1v) is 6.43. The minimum absolute atomic E-state index is 0.0308. The highest BCUT2D eigenvalue weighted by Gasteiger charge is 2.20. The van der Waals surface area contributed by atoms with E-state index in [1.807, 2.05) is 20.8 Å². The molecular weight excluding hydrogens is 256 g/mol. The van der Waals surface area contributed by atoms with Crippen LogP contribution in [-0.4, -0.2) is 15.9 Å². The number of aromatic nitrogens is 2. The highest BCUT2D eigenvalue weighted by atomic mass is 16.5. The van der Waals surface area contributed by atoms with Crippen LogP contribution in [-0.2, 0) is 12.0 Å². The predicted molar refractivity (Wildman–Crippen MR) is 73.8 cm³/mol. The molecular formula is C15H18N2O3. The lowest BCUT2D eigenvalue weighted by Crippen LogP contribution is -2.13. The van der Waals surface area contributed by atoms with Crippen molar-refractivity contribution in [1.29, 1.82) is 0 Å². The molecule has 0 N–H and O–H groups in total. The number of hydrogen-bond donors (Lipinski definition) is 0. The summed E-state index contributed by atoms with van der Waals surface area (Å²) in [6.07, 6.45) is 0. The van der Waals surface area contributed by atoms with E-state index < -0.39 is 0 Å². The Morgan fingerprint density at radius 2 is 1.90 bits per heavy atom. The molecule has 2 rings (SSSR count). The molecule has 5 heteroatoms. The Labute approximate surface area is 118 Å². The zero-order valence-electron chi connectivity index (χ0n) is 12.1. The van der Waals surface area contributed by atoms with E-state index in [0.717, 1.165) is 0 Å². The van der Waals surface area contributed by atoms with E-state index in [-0.39, 0.29) is 17.8 Å². The van der Waals surface area contributed by atoms with Crippen LogP contribution in [0.2, 0.25) is 0 Å². The summed E-state index contributed by atoms with van der Waals surface area (Å²) < 4.78 is 10.7. The van der Waals surface area contributed by atoms with Crippen molar-refractivity contribution in [3.63, 3.8) is 0 Å². The highest BCUT2D eigenvalue weighted by Crippen LogP contribution is 2.19. The number of Topliss-reactive ketones (excluding diaryl/α,β-unsaturated/α-hetero) is 1. The molecule has 0 aliphatic carbocycles. The van der Waals surface area contributed by atoms with Crippen LogP contribution in [0, 0.1) is 0 Å². The first-order chi connectivity index (χ1) is 9.36. The van der Waals surface area contributed by atoms with E-state index in [4.69, 9.17) is 9.26 Å². The van der Waals surface area contributed by atoms with E-state index in [9.17, 15) is 4.79 Å². The Kier molecular flexibility index (Phi) is 3.88. The van der Waals surface area contributed by atoms with Gasteiger partial charge in [0.15, 0.2) is 18.2 Å². The second-order valence-corrected chi connectivity index (χ2v) is 5.63. The number of nitrogens with zero attached hydrogens (tertiary/aromatic N) is 2. The summed E-state index contributed by atoms with van der Waals surface area (Å²) in [6.45, 7) is 7.79. The Hall–Kier alpha value is -2.17. The van der Waals surface area contributed by atoms with Crippen LogP contribution in [0.25, 0.3) is 0 Å². The summed E-state index contributed by atoms with van der Waals surface area (Å²) >= 11 is 0. The fourth-order valence-electron chi connectivity index (χ4n) is 1.55. The van der Waals surface area contributed by atoms with Crippen LogP contribution in [0.1, 0.15) is 49.8 Å². The number of ketones is 1. The number of carbonyl (C=O) groups excluding carboxylic acids is 1. The minimum Gasteiger partial charge on any atom is -0.484 e. The van der Waals surface area contributed by atoms with Gasteiger partial charge in [0.25, 0.3) is 5.89 Å². The zero-order valence-corrected chi connectivity index (χ0v) is 12.1. The molecule has 0 saturated carbocycles. The molecule has 0 aliphatic rings. The second-order valence-electron chi connectivity index (χ2n) is 5.63. The summed E-state index contributed by atoms with van der Waals surface area (Å²) in [5.41, 5.74) is 0.510. The second kappa shape index (κ2) is 5.45. The Balaban J connectivity index is 1.98. The number of carbonyl (C=O) groups is 1. The van der Waals surface area contributed by atoms with Crippen molar-refractivity contribution in [2.75, 3.05) is 0 Å². The van der Waals surface area contributed by atoms with E-state index >= 15 is 0 Å². The van der Waals surface area contributed by atoms with Gasteiger partial charge < -0.3 is 9.26 Å². The van der Waals surface area contributed by atoms with Gasteiger partial charge in [-0.15, -0.1) is 0 Å². The zero-order chi connectivity index (χ0) is 14.8. The number of hydrogen-bond acceptors (Lipinski definition) is 5. The molecule has 0 spiro atoms. The van der Waals surface area contributed by atoms with Gasteiger partial charge in [-0.05, 0) is 31.2 Å². The SMILES string of the molecule is CC(=O)c1ccc(OCc2nc(C(C)(C)C)no2)cc1. The Morgan fingerprint density at radius 1 is 1.25 bits per heavy atom. The van der Waals surface area contributed by atoms with Gasteiger partial charge in [-0.25, -0.2) is 0 Å². The maximum atomic E-state index is 11.2. The summed E-state index contributed by atoms with van der Waals surface area (Å²) in [7, 11) is 0. The van der Waals surface area contributed by atoms with Crippen molar-refractivity contribution in [2.45, 2.75) is 39.7 Å². The minimum atomic E-state index is -0.148. The standard InChI is InChI=1S/C15H18N2O3/c1-10(18)11-5-7-12(8-6-11)19-9-13-16-14(17-20-13)15(2,3)4/h5-8H,9H2,1-4H3.